The van der Waals surface area contributed by atoms with Crippen LogP contribution in [0.15, 0.2) is 54.6 Å². The van der Waals surface area contributed by atoms with Gasteiger partial charge in [-0.25, -0.2) is 0 Å². The van der Waals surface area contributed by atoms with Crippen LogP contribution in [0.2, 0.25) is 0 Å². The zero-order chi connectivity index (χ0) is 21.0. The fourth-order valence-corrected chi connectivity index (χ4v) is 2.95. The summed E-state index contributed by atoms with van der Waals surface area (Å²) in [5.74, 6) is 0.0268. The number of aromatic nitrogens is 1. The van der Waals surface area contributed by atoms with E-state index in [4.69, 9.17) is 0 Å². The van der Waals surface area contributed by atoms with Crippen molar-refractivity contribution in [3.8, 4) is 0 Å². The number of nitrogens with one attached hydrogen (secondary N) is 2. The normalized spacial score (nSPS) is 11.1. The number of anilines is 1. The van der Waals surface area contributed by atoms with E-state index < -0.39 is 0 Å². The summed E-state index contributed by atoms with van der Waals surface area (Å²) in [5, 5.41) is 6.71. The van der Waals surface area contributed by atoms with Crippen molar-refractivity contribution in [3.05, 3.63) is 71.4 Å². The van der Waals surface area contributed by atoms with Gasteiger partial charge in [-0.15, -0.1) is 0 Å². The standard InChI is InChI=1S/C24H27N3O2/c1-15(2)22-13-20(19-7-5-6-8-21(19)27-22)24(29)25-14-17-9-11-18(12-10-17)26-23(28)16(3)4/h5-13,15-16H,14H2,1-4H3,(H,25,29)(H,26,28). The number of para-hydroxylation sites is 1. The summed E-state index contributed by atoms with van der Waals surface area (Å²) in [6.45, 7) is 8.25. The third-order valence-corrected chi connectivity index (χ3v) is 4.77. The highest BCUT2D eigenvalue weighted by Gasteiger charge is 2.14. The zero-order valence-electron chi connectivity index (χ0n) is 17.3. The minimum absolute atomic E-state index is 0.0171. The quantitative estimate of drug-likeness (QED) is 0.631. The van der Waals surface area contributed by atoms with Gasteiger partial charge in [0.25, 0.3) is 5.91 Å². The Kier molecular flexibility index (Phi) is 6.27. The highest BCUT2D eigenvalue weighted by atomic mass is 16.2. The van der Waals surface area contributed by atoms with Crippen LogP contribution in [-0.2, 0) is 11.3 Å². The average Bonchev–Trinajstić information content (AvgIpc) is 2.72. The topological polar surface area (TPSA) is 71.1 Å². The first kappa shape index (κ1) is 20.5. The first-order valence-corrected chi connectivity index (χ1v) is 9.93. The summed E-state index contributed by atoms with van der Waals surface area (Å²) >= 11 is 0. The number of hydrogen-bond acceptors (Lipinski definition) is 3. The lowest BCUT2D eigenvalue weighted by Gasteiger charge is -2.12. The second kappa shape index (κ2) is 8.86. The van der Waals surface area contributed by atoms with Crippen LogP contribution in [0, 0.1) is 5.92 Å². The lowest BCUT2D eigenvalue weighted by Crippen LogP contribution is -2.23. The molecule has 0 radical (unpaired) electrons. The summed E-state index contributed by atoms with van der Waals surface area (Å²) in [6.07, 6.45) is 0. The van der Waals surface area contributed by atoms with Gasteiger partial charge in [0, 0.05) is 29.2 Å². The number of fused-ring (bicyclic) bond motifs is 1. The van der Waals surface area contributed by atoms with Gasteiger partial charge in [0.05, 0.1) is 11.1 Å². The van der Waals surface area contributed by atoms with Crippen molar-refractivity contribution in [3.63, 3.8) is 0 Å². The molecule has 150 valence electrons. The second-order valence-electron chi connectivity index (χ2n) is 7.79. The molecule has 2 aromatic carbocycles. The molecule has 0 saturated heterocycles. The largest absolute Gasteiger partial charge is 0.348 e. The number of pyridine rings is 1. The lowest BCUT2D eigenvalue weighted by molar-refractivity contribution is -0.118. The van der Waals surface area contributed by atoms with Crippen molar-refractivity contribution in [2.75, 3.05) is 5.32 Å². The van der Waals surface area contributed by atoms with E-state index in [1.54, 1.807) is 0 Å². The summed E-state index contributed by atoms with van der Waals surface area (Å²) in [5.41, 5.74) is 4.08. The molecule has 5 nitrogen and oxygen atoms in total. The SMILES string of the molecule is CC(C)C(=O)Nc1ccc(CNC(=O)c2cc(C(C)C)nc3ccccc23)cc1. The molecule has 29 heavy (non-hydrogen) atoms. The Morgan fingerprint density at radius 3 is 2.31 bits per heavy atom. The third kappa shape index (κ3) is 4.99. The van der Waals surface area contributed by atoms with E-state index in [-0.39, 0.29) is 23.7 Å². The molecule has 1 aromatic heterocycles. The van der Waals surface area contributed by atoms with Crippen LogP contribution in [0.5, 0.6) is 0 Å². The minimum Gasteiger partial charge on any atom is -0.348 e. The zero-order valence-corrected chi connectivity index (χ0v) is 17.3. The number of carbonyl (C=O) groups excluding carboxylic acids is 2. The lowest BCUT2D eigenvalue weighted by atomic mass is 10.0. The van der Waals surface area contributed by atoms with Crippen molar-refractivity contribution in [2.45, 2.75) is 40.2 Å². The molecular formula is C24H27N3O2. The summed E-state index contributed by atoms with van der Waals surface area (Å²) in [7, 11) is 0. The van der Waals surface area contributed by atoms with E-state index in [1.165, 1.54) is 0 Å². The molecule has 0 unspecified atom stereocenters. The summed E-state index contributed by atoms with van der Waals surface area (Å²) in [4.78, 5) is 29.3. The van der Waals surface area contributed by atoms with Gasteiger partial charge in [-0.2, -0.15) is 0 Å². The number of amides is 2. The Morgan fingerprint density at radius 2 is 1.66 bits per heavy atom. The van der Waals surface area contributed by atoms with Crippen LogP contribution < -0.4 is 10.6 Å². The van der Waals surface area contributed by atoms with E-state index >= 15 is 0 Å². The van der Waals surface area contributed by atoms with Gasteiger partial charge in [-0.3, -0.25) is 14.6 Å². The van der Waals surface area contributed by atoms with Crippen molar-refractivity contribution in [2.24, 2.45) is 5.92 Å². The van der Waals surface area contributed by atoms with Gasteiger partial charge < -0.3 is 10.6 Å². The Labute approximate surface area is 171 Å². The van der Waals surface area contributed by atoms with E-state index in [1.807, 2.05) is 68.4 Å². The molecule has 1 heterocycles. The second-order valence-corrected chi connectivity index (χ2v) is 7.79. The number of benzene rings is 2. The van der Waals surface area contributed by atoms with E-state index in [0.717, 1.165) is 27.8 Å². The fourth-order valence-electron chi connectivity index (χ4n) is 2.95. The molecule has 0 atom stereocenters. The maximum absolute atomic E-state index is 12.9. The Hall–Kier alpha value is -3.21. The van der Waals surface area contributed by atoms with Crippen LogP contribution in [0.4, 0.5) is 5.69 Å². The van der Waals surface area contributed by atoms with Gasteiger partial charge in [-0.05, 0) is 35.7 Å². The third-order valence-electron chi connectivity index (χ3n) is 4.77. The molecule has 0 saturated carbocycles. The van der Waals surface area contributed by atoms with Crippen LogP contribution in [-0.4, -0.2) is 16.8 Å². The molecule has 5 heteroatoms. The number of carbonyl (C=O) groups is 2. The molecule has 2 N–H and O–H groups in total. The minimum atomic E-state index is -0.123. The number of hydrogen-bond donors (Lipinski definition) is 2. The Balaban J connectivity index is 1.73. The fraction of sp³-hybridized carbons (Fsp3) is 0.292. The highest BCUT2D eigenvalue weighted by Crippen LogP contribution is 2.22. The average molecular weight is 389 g/mol. The highest BCUT2D eigenvalue weighted by molar-refractivity contribution is 6.06. The first-order chi connectivity index (χ1) is 13.8. The van der Waals surface area contributed by atoms with Gasteiger partial charge in [0.2, 0.25) is 5.91 Å². The van der Waals surface area contributed by atoms with E-state index in [2.05, 4.69) is 29.5 Å². The maximum Gasteiger partial charge on any atom is 0.252 e. The van der Waals surface area contributed by atoms with Crippen LogP contribution in [0.25, 0.3) is 10.9 Å². The van der Waals surface area contributed by atoms with Crippen molar-refractivity contribution in [1.29, 1.82) is 0 Å². The molecule has 0 aliphatic heterocycles. The van der Waals surface area contributed by atoms with Gasteiger partial charge in [0.1, 0.15) is 0 Å². The van der Waals surface area contributed by atoms with Crippen LogP contribution >= 0.6 is 0 Å². The van der Waals surface area contributed by atoms with Gasteiger partial charge in [0.15, 0.2) is 0 Å². The van der Waals surface area contributed by atoms with Crippen molar-refractivity contribution in [1.82, 2.24) is 10.3 Å². The molecule has 3 rings (SSSR count). The Morgan fingerprint density at radius 1 is 0.966 bits per heavy atom. The Bertz CT molecular complexity index is 1020. The molecular weight excluding hydrogens is 362 g/mol. The number of rotatable bonds is 6. The smallest absolute Gasteiger partial charge is 0.252 e. The predicted octanol–water partition coefficient (Wildman–Crippen LogP) is 4.88. The van der Waals surface area contributed by atoms with Crippen LogP contribution in [0.3, 0.4) is 0 Å². The van der Waals surface area contributed by atoms with E-state index in [9.17, 15) is 9.59 Å². The molecule has 0 bridgehead atoms. The van der Waals surface area contributed by atoms with Crippen LogP contribution in [0.1, 0.15) is 55.2 Å². The summed E-state index contributed by atoms with van der Waals surface area (Å²) in [6, 6.07) is 17.1. The molecule has 0 aliphatic carbocycles. The summed E-state index contributed by atoms with van der Waals surface area (Å²) < 4.78 is 0. The molecule has 0 aliphatic rings. The first-order valence-electron chi connectivity index (χ1n) is 9.93. The van der Waals surface area contributed by atoms with Gasteiger partial charge >= 0.3 is 0 Å². The van der Waals surface area contributed by atoms with E-state index in [0.29, 0.717) is 12.1 Å². The molecule has 0 fully saturated rings. The predicted molar refractivity (Wildman–Crippen MR) is 117 cm³/mol. The number of nitrogens with zero attached hydrogens (tertiary/aromatic N) is 1. The molecule has 3 aromatic rings. The maximum atomic E-state index is 12.9. The van der Waals surface area contributed by atoms with Gasteiger partial charge in [-0.1, -0.05) is 58.0 Å². The van der Waals surface area contributed by atoms with Crippen molar-refractivity contribution < 1.29 is 9.59 Å². The monoisotopic (exact) mass is 389 g/mol. The molecule has 0 spiro atoms. The molecule has 2 amide bonds. The van der Waals surface area contributed by atoms with Crippen molar-refractivity contribution >= 4 is 28.4 Å².